The highest BCUT2D eigenvalue weighted by Crippen LogP contribution is 2.15. The maximum atomic E-state index is 13.1. The number of halogens is 3. The molecule has 0 aromatic heterocycles. The predicted molar refractivity (Wildman–Crippen MR) is 99.4 cm³/mol. The molecule has 0 heterocycles. The van der Waals surface area contributed by atoms with Crippen molar-refractivity contribution < 1.29 is 18.3 Å². The minimum atomic E-state index is -0.611. The highest BCUT2D eigenvalue weighted by molar-refractivity contribution is 9.10. The molecule has 2 aromatic carbocycles. The Balaban J connectivity index is 0. The van der Waals surface area contributed by atoms with Crippen molar-refractivity contribution in [3.05, 3.63) is 69.2 Å². The van der Waals surface area contributed by atoms with Crippen LogP contribution in [0.3, 0.4) is 0 Å². The molecule has 0 amide bonds. The van der Waals surface area contributed by atoms with Gasteiger partial charge in [-0.05, 0) is 72.1 Å². The number of esters is 1. The zero-order chi connectivity index (χ0) is 16.7. The van der Waals surface area contributed by atoms with Gasteiger partial charge in [0.05, 0.1) is 16.6 Å². The molecule has 0 bridgehead atoms. The van der Waals surface area contributed by atoms with Gasteiger partial charge in [-0.3, -0.25) is 0 Å². The number of hydrogen-bond donors (Lipinski definition) is 0. The van der Waals surface area contributed by atoms with E-state index >= 15 is 0 Å². The third-order valence-electron chi connectivity index (χ3n) is 2.70. The van der Waals surface area contributed by atoms with Crippen molar-refractivity contribution in [1.82, 2.24) is 0 Å². The largest absolute Gasteiger partial charge is 0.462 e. The van der Waals surface area contributed by atoms with E-state index in [0.29, 0.717) is 4.47 Å². The normalized spacial score (nSPS) is 8.92. The van der Waals surface area contributed by atoms with Gasteiger partial charge in [0.2, 0.25) is 0 Å². The van der Waals surface area contributed by atoms with Crippen LogP contribution in [0.5, 0.6) is 0 Å². The maximum absolute atomic E-state index is 13.1. The molecule has 134 valence electrons. The fraction of sp³-hybridized carbons (Fsp3) is 0.316. The molecule has 0 radical (unpaired) electrons. The van der Waals surface area contributed by atoms with Gasteiger partial charge >= 0.3 is 5.97 Å². The van der Waals surface area contributed by atoms with Gasteiger partial charge in [0.25, 0.3) is 0 Å². The molecule has 0 spiro atoms. The Morgan fingerprint density at radius 3 is 1.92 bits per heavy atom. The first-order chi connectivity index (χ1) is 10.3. The Kier molecular flexibility index (Phi) is 12.0. The number of carbonyl (C=O) groups excluding carboxylic acids is 1. The summed E-state index contributed by atoms with van der Waals surface area (Å²) in [5, 5.41) is 0. The lowest BCUT2D eigenvalue weighted by molar-refractivity contribution is 0.0521. The Labute approximate surface area is 152 Å². The molecule has 0 saturated carbocycles. The van der Waals surface area contributed by atoms with Crippen LogP contribution in [-0.4, -0.2) is 12.6 Å². The van der Waals surface area contributed by atoms with E-state index in [1.807, 2.05) is 13.0 Å². The lowest BCUT2D eigenvalue weighted by Gasteiger charge is -2.03. The van der Waals surface area contributed by atoms with Gasteiger partial charge in [0.15, 0.2) is 0 Å². The Hall–Kier alpha value is -1.75. The minimum Gasteiger partial charge on any atom is -0.462 e. The molecule has 0 unspecified atom stereocenters. The molecule has 2 aromatic rings. The van der Waals surface area contributed by atoms with E-state index in [9.17, 15) is 13.6 Å². The van der Waals surface area contributed by atoms with E-state index in [1.54, 1.807) is 26.0 Å². The molecule has 5 heteroatoms. The smallest absolute Gasteiger partial charge is 0.341 e. The lowest BCUT2D eigenvalue weighted by Crippen LogP contribution is -2.07. The van der Waals surface area contributed by atoms with E-state index in [0.717, 1.165) is 11.1 Å². The lowest BCUT2D eigenvalue weighted by atomic mass is 10.1. The zero-order valence-corrected chi connectivity index (χ0v) is 14.2. The van der Waals surface area contributed by atoms with Crippen LogP contribution >= 0.6 is 15.9 Å². The fourth-order valence-electron chi connectivity index (χ4n) is 1.60. The Morgan fingerprint density at radius 2 is 1.50 bits per heavy atom. The summed E-state index contributed by atoms with van der Waals surface area (Å²) < 4.78 is 30.8. The highest BCUT2D eigenvalue weighted by atomic mass is 79.9. The molecule has 0 aliphatic heterocycles. The summed E-state index contributed by atoms with van der Waals surface area (Å²) in [6.07, 6.45) is 0. The molecule has 0 fully saturated rings. The number of hydrogen-bond acceptors (Lipinski definition) is 2. The van der Waals surface area contributed by atoms with Crippen molar-refractivity contribution in [2.75, 3.05) is 6.61 Å². The third-order valence-corrected chi connectivity index (χ3v) is 3.34. The summed E-state index contributed by atoms with van der Waals surface area (Å²) >= 11 is 3.05. The second-order valence-corrected chi connectivity index (χ2v) is 5.48. The molecule has 24 heavy (non-hydrogen) atoms. The summed E-state index contributed by atoms with van der Waals surface area (Å²) in [5.74, 6) is -1.34. The van der Waals surface area contributed by atoms with Crippen LogP contribution in [-0.2, 0) is 4.74 Å². The second-order valence-electron chi connectivity index (χ2n) is 4.62. The van der Waals surface area contributed by atoms with E-state index in [1.165, 1.54) is 18.2 Å². The average molecular weight is 403 g/mol. The van der Waals surface area contributed by atoms with Crippen LogP contribution in [0.1, 0.15) is 43.3 Å². The molecule has 0 saturated heterocycles. The van der Waals surface area contributed by atoms with Crippen molar-refractivity contribution >= 4 is 21.9 Å². The Morgan fingerprint density at radius 1 is 1.00 bits per heavy atom. The van der Waals surface area contributed by atoms with Crippen molar-refractivity contribution in [3.63, 3.8) is 0 Å². The van der Waals surface area contributed by atoms with Gasteiger partial charge in [0.1, 0.15) is 11.6 Å². The molecule has 0 aliphatic carbocycles. The first-order valence-electron chi connectivity index (χ1n) is 6.70. The number of ether oxygens (including phenoxy) is 1. The van der Waals surface area contributed by atoms with Crippen LogP contribution in [0.15, 0.2) is 40.9 Å². The standard InChI is InChI=1S/C10H11FO2.C7H6BrF.2CH4/c1-3-13-10(12)8-5-4-7(2)6-9(8)11;1-5-2-3-6(8)7(9)4-5;;/h4-6H,3H2,1-2H3;2-4H,1H3;2*1H4. The van der Waals surface area contributed by atoms with E-state index in [4.69, 9.17) is 0 Å². The van der Waals surface area contributed by atoms with Gasteiger partial charge < -0.3 is 4.74 Å². The summed E-state index contributed by atoms with van der Waals surface area (Å²) in [7, 11) is 0. The number of benzene rings is 2. The van der Waals surface area contributed by atoms with Crippen LogP contribution < -0.4 is 0 Å². The predicted octanol–water partition coefficient (Wildman–Crippen LogP) is 6.48. The summed E-state index contributed by atoms with van der Waals surface area (Å²) in [6.45, 7) is 5.56. The second kappa shape index (κ2) is 11.7. The van der Waals surface area contributed by atoms with Crippen LogP contribution in [0, 0.1) is 25.5 Å². The molecule has 2 rings (SSSR count). The highest BCUT2D eigenvalue weighted by Gasteiger charge is 2.11. The van der Waals surface area contributed by atoms with Gasteiger partial charge in [-0.15, -0.1) is 0 Å². The fourth-order valence-corrected chi connectivity index (χ4v) is 1.84. The van der Waals surface area contributed by atoms with Crippen molar-refractivity contribution in [1.29, 1.82) is 0 Å². The number of carbonyl (C=O) groups is 1. The van der Waals surface area contributed by atoms with Crippen molar-refractivity contribution in [2.45, 2.75) is 35.6 Å². The number of aryl methyl sites for hydroxylation is 2. The Bertz CT molecular complexity index is 658. The van der Waals surface area contributed by atoms with Gasteiger partial charge in [-0.25, -0.2) is 13.6 Å². The van der Waals surface area contributed by atoms with Gasteiger partial charge in [-0.2, -0.15) is 0 Å². The molecular weight excluding hydrogens is 378 g/mol. The first kappa shape index (κ1) is 24.5. The van der Waals surface area contributed by atoms with E-state index in [-0.39, 0.29) is 32.8 Å². The van der Waals surface area contributed by atoms with Crippen molar-refractivity contribution in [3.8, 4) is 0 Å². The first-order valence-corrected chi connectivity index (χ1v) is 7.49. The summed E-state index contributed by atoms with van der Waals surface area (Å²) in [4.78, 5) is 11.1. The van der Waals surface area contributed by atoms with Gasteiger partial charge in [-0.1, -0.05) is 27.0 Å². The topological polar surface area (TPSA) is 26.3 Å². The van der Waals surface area contributed by atoms with E-state index < -0.39 is 11.8 Å². The molecule has 0 N–H and O–H groups in total. The van der Waals surface area contributed by atoms with Crippen LogP contribution in [0.2, 0.25) is 0 Å². The average Bonchev–Trinajstić information content (AvgIpc) is 2.44. The zero-order valence-electron chi connectivity index (χ0n) is 12.6. The maximum Gasteiger partial charge on any atom is 0.341 e. The van der Waals surface area contributed by atoms with Crippen LogP contribution in [0.4, 0.5) is 8.78 Å². The van der Waals surface area contributed by atoms with Gasteiger partial charge in [0, 0.05) is 0 Å². The molecule has 2 nitrogen and oxygen atoms in total. The monoisotopic (exact) mass is 402 g/mol. The quantitative estimate of drug-likeness (QED) is 0.537. The van der Waals surface area contributed by atoms with E-state index in [2.05, 4.69) is 20.7 Å². The van der Waals surface area contributed by atoms with Crippen molar-refractivity contribution in [2.24, 2.45) is 0 Å². The third kappa shape index (κ3) is 7.68. The van der Waals surface area contributed by atoms with Crippen LogP contribution in [0.25, 0.3) is 0 Å². The summed E-state index contributed by atoms with van der Waals surface area (Å²) in [6, 6.07) is 9.46. The summed E-state index contributed by atoms with van der Waals surface area (Å²) in [5.41, 5.74) is 1.72. The number of rotatable bonds is 2. The minimum absolute atomic E-state index is 0. The SMILES string of the molecule is C.C.CCOC(=O)c1ccc(C)cc1F.Cc1ccc(Br)c(F)c1. The molecular formula is C19H25BrF2O2. The molecule has 0 aliphatic rings. The molecule has 0 atom stereocenters.